The molecule has 3 saturated carbocycles. The van der Waals surface area contributed by atoms with E-state index in [1.807, 2.05) is 6.92 Å². The molecule has 0 aromatic heterocycles. The highest BCUT2D eigenvalue weighted by atomic mass is 16.5. The number of rotatable bonds is 1. The van der Waals surface area contributed by atoms with Gasteiger partial charge in [-0.2, -0.15) is 0 Å². The van der Waals surface area contributed by atoms with Gasteiger partial charge in [-0.3, -0.25) is 9.59 Å². The molecule has 5 aliphatic rings. The summed E-state index contributed by atoms with van der Waals surface area (Å²) in [5, 5.41) is 11.7. The van der Waals surface area contributed by atoms with Crippen LogP contribution in [-0.4, -0.2) is 40.3 Å². The third-order valence-corrected chi connectivity index (χ3v) is 8.27. The fraction of sp³-hybridized carbons (Fsp3) is 0.696. The van der Waals surface area contributed by atoms with Gasteiger partial charge in [0.2, 0.25) is 0 Å². The molecule has 0 radical (unpaired) electrons. The van der Waals surface area contributed by atoms with Crippen molar-refractivity contribution in [2.45, 2.75) is 71.1 Å². The Balaban J connectivity index is 1.75. The number of nitrogens with zero attached hydrogens (tertiary/aromatic N) is 1. The van der Waals surface area contributed by atoms with E-state index in [9.17, 15) is 17.4 Å². The Hall–Kier alpha value is -1.75. The van der Waals surface area contributed by atoms with E-state index in [-0.39, 0.29) is 23.4 Å². The molecule has 1 heterocycles. The van der Waals surface area contributed by atoms with E-state index in [2.05, 4.69) is 4.99 Å². The zero-order valence-electron chi connectivity index (χ0n) is 19.8. The van der Waals surface area contributed by atoms with Crippen LogP contribution in [0.3, 0.4) is 0 Å². The van der Waals surface area contributed by atoms with Crippen LogP contribution in [0.4, 0.5) is 0 Å². The molecular weight excluding hydrogens is 354 g/mol. The van der Waals surface area contributed by atoms with Crippen LogP contribution in [0.5, 0.6) is 0 Å². The first-order chi connectivity index (χ1) is 14.2. The second-order valence-corrected chi connectivity index (χ2v) is 9.48. The normalized spacial score (nSPS) is 57.3. The van der Waals surface area contributed by atoms with Gasteiger partial charge in [0, 0.05) is 26.4 Å². The fourth-order valence-corrected chi connectivity index (χ4v) is 7.10. The molecule has 0 unspecified atom stereocenters. The molecule has 150 valence electrons. The topological polar surface area (TPSA) is 76.0 Å². The molecule has 5 nitrogen and oxygen atoms in total. The van der Waals surface area contributed by atoms with Gasteiger partial charge in [-0.25, -0.2) is 4.99 Å². The molecule has 1 N–H and O–H groups in total. The van der Waals surface area contributed by atoms with E-state index < -0.39 is 40.8 Å². The van der Waals surface area contributed by atoms with Crippen LogP contribution in [0.1, 0.15) is 57.4 Å². The summed E-state index contributed by atoms with van der Waals surface area (Å²) in [7, 11) is 0. The zero-order chi connectivity index (χ0) is 22.8. The van der Waals surface area contributed by atoms with Crippen molar-refractivity contribution in [2.24, 2.45) is 33.6 Å². The lowest BCUT2D eigenvalue weighted by molar-refractivity contribution is -0.142. The maximum absolute atomic E-state index is 13.1. The van der Waals surface area contributed by atoms with Gasteiger partial charge in [0.1, 0.15) is 6.10 Å². The van der Waals surface area contributed by atoms with E-state index in [4.69, 9.17) is 6.11 Å². The Morgan fingerprint density at radius 1 is 1.46 bits per heavy atom. The minimum absolute atomic E-state index is 0.118. The molecule has 8 atom stereocenters. The van der Waals surface area contributed by atoms with Crippen molar-refractivity contribution in [3.63, 3.8) is 0 Å². The predicted molar refractivity (Wildman–Crippen MR) is 105 cm³/mol. The van der Waals surface area contributed by atoms with E-state index in [1.54, 1.807) is 26.0 Å². The lowest BCUT2D eigenvalue weighted by Crippen LogP contribution is -2.61. The van der Waals surface area contributed by atoms with Gasteiger partial charge < -0.3 is 9.84 Å². The van der Waals surface area contributed by atoms with E-state index in [0.29, 0.717) is 25.2 Å². The zero-order valence-corrected chi connectivity index (χ0v) is 16.8. The van der Waals surface area contributed by atoms with Gasteiger partial charge in [0.05, 0.1) is 7.45 Å². The smallest absolute Gasteiger partial charge is 0.181 e. The number of hydrogen-bond acceptors (Lipinski definition) is 5. The number of carbonyl (C=O) groups is 2. The summed E-state index contributed by atoms with van der Waals surface area (Å²) in [6.07, 6.45) is 0.943. The number of fused-ring (bicyclic) bond motifs is 7. The van der Waals surface area contributed by atoms with Gasteiger partial charge in [0.15, 0.2) is 23.0 Å². The summed E-state index contributed by atoms with van der Waals surface area (Å²) in [4.78, 5) is 29.7. The van der Waals surface area contributed by atoms with Gasteiger partial charge >= 0.3 is 0 Å². The molecule has 5 heteroatoms. The molecule has 4 aliphatic carbocycles. The van der Waals surface area contributed by atoms with Crippen LogP contribution in [0, 0.1) is 28.6 Å². The number of hydrogen-bond donors (Lipinski definition) is 1. The quantitative estimate of drug-likeness (QED) is 0.752. The van der Waals surface area contributed by atoms with Crippen LogP contribution in [0.25, 0.3) is 0 Å². The summed E-state index contributed by atoms with van der Waals surface area (Å²) in [5.41, 5.74) is -2.82. The van der Waals surface area contributed by atoms with E-state index in [1.165, 1.54) is 13.0 Å². The average Bonchev–Trinajstić information content (AvgIpc) is 3.12. The molecular formula is C23H29NO4. The first-order valence-corrected chi connectivity index (χ1v) is 10.2. The number of ketones is 2. The minimum Gasteiger partial charge on any atom is -0.475 e. The maximum Gasteiger partial charge on any atom is 0.181 e. The Morgan fingerprint density at radius 3 is 2.93 bits per heavy atom. The molecule has 0 bridgehead atoms. The molecule has 5 rings (SSSR count). The number of ether oxygens (including phenoxy) is 1. The lowest BCUT2D eigenvalue weighted by Gasteiger charge is -2.59. The molecule has 28 heavy (non-hydrogen) atoms. The summed E-state index contributed by atoms with van der Waals surface area (Å²) in [6.45, 7) is 6.66. The van der Waals surface area contributed by atoms with Crippen molar-refractivity contribution in [3.8, 4) is 0 Å². The average molecular weight is 387 g/mol. The van der Waals surface area contributed by atoms with Gasteiger partial charge in [-0.05, 0) is 56.5 Å². The van der Waals surface area contributed by atoms with Crippen molar-refractivity contribution in [2.75, 3.05) is 0 Å². The van der Waals surface area contributed by atoms with Crippen LogP contribution in [-0.2, 0) is 14.3 Å². The second kappa shape index (κ2) is 5.44. The van der Waals surface area contributed by atoms with Crippen LogP contribution in [0.15, 0.2) is 28.8 Å². The van der Waals surface area contributed by atoms with Crippen LogP contribution >= 0.6 is 0 Å². The Kier molecular flexibility index (Phi) is 2.94. The van der Waals surface area contributed by atoms with Crippen molar-refractivity contribution in [1.82, 2.24) is 0 Å². The molecule has 3 fully saturated rings. The van der Waals surface area contributed by atoms with Crippen molar-refractivity contribution < 1.29 is 23.5 Å². The third-order valence-electron chi connectivity index (χ3n) is 8.27. The number of aliphatic imine (C=N–C) groups is 1. The highest BCUT2D eigenvalue weighted by molar-refractivity contribution is 6.01. The molecule has 0 aromatic rings. The molecule has 0 spiro atoms. The molecule has 1 aliphatic heterocycles. The summed E-state index contributed by atoms with van der Waals surface area (Å²) < 4.78 is 33.4. The number of allylic oxidation sites excluding steroid dienone is 4. The lowest BCUT2D eigenvalue weighted by atomic mass is 9.46. The standard InChI is InChI=1S/C23H29NO4/c1-12(25)23-19(28-13(2)24-23)10-17-16-6-5-14-9-15(26)7-8-21(14,3)20(16)18(27)11-22(17,23)4/h7-9,16-20,27H,5-6,10-11H2,1-4H3/t16-,17-,18-,19+,20+,21-,22-,23+/m0/s1/i11D2,18D. The summed E-state index contributed by atoms with van der Waals surface area (Å²) in [5.74, 6) is -1.33. The second-order valence-electron chi connectivity index (χ2n) is 9.48. The minimum atomic E-state index is -2.49. The van der Waals surface area contributed by atoms with Crippen molar-refractivity contribution in [3.05, 3.63) is 23.8 Å². The van der Waals surface area contributed by atoms with E-state index >= 15 is 0 Å². The number of carbonyl (C=O) groups excluding carboxylic acids is 2. The van der Waals surface area contributed by atoms with Gasteiger partial charge in [0.25, 0.3) is 0 Å². The summed E-state index contributed by atoms with van der Waals surface area (Å²) >= 11 is 0. The maximum atomic E-state index is 13.1. The monoisotopic (exact) mass is 386 g/mol. The Morgan fingerprint density at radius 2 is 2.21 bits per heavy atom. The largest absolute Gasteiger partial charge is 0.475 e. The van der Waals surface area contributed by atoms with Gasteiger partial charge in [-0.1, -0.05) is 25.5 Å². The first-order valence-electron chi connectivity index (χ1n) is 11.7. The Labute approximate surface area is 170 Å². The van der Waals surface area contributed by atoms with Crippen molar-refractivity contribution >= 4 is 17.5 Å². The highest BCUT2D eigenvalue weighted by Crippen LogP contribution is 2.69. The molecule has 0 amide bonds. The Bertz CT molecular complexity index is 1000. The number of Topliss-reactive ketones (excluding diaryl/α,β-unsaturated/α-hetero) is 1. The van der Waals surface area contributed by atoms with Crippen molar-refractivity contribution in [1.29, 1.82) is 0 Å². The number of aliphatic hydroxyl groups is 1. The highest BCUT2D eigenvalue weighted by Gasteiger charge is 2.73. The third kappa shape index (κ3) is 1.94. The molecule has 0 aromatic carbocycles. The SMILES string of the molecule is [2H]C1([2H])[C@]([2H])(O)[C@H]2[C@@H](CCC3=CC(=O)C=C[C@@]32C)[C@@H]2C[C@H]3OC(C)=N[C@@]3(C(C)=O)[C@]21C. The van der Waals surface area contributed by atoms with Crippen LogP contribution in [0.2, 0.25) is 0 Å². The van der Waals surface area contributed by atoms with Gasteiger partial charge in [-0.15, -0.1) is 0 Å². The van der Waals surface area contributed by atoms with E-state index in [0.717, 1.165) is 5.57 Å². The van der Waals surface area contributed by atoms with Crippen LogP contribution < -0.4 is 0 Å². The fourth-order valence-electron chi connectivity index (χ4n) is 7.10. The molecule has 0 saturated heterocycles. The summed E-state index contributed by atoms with van der Waals surface area (Å²) in [6, 6.07) is 0. The predicted octanol–water partition coefficient (Wildman–Crippen LogP) is 3.02. The first kappa shape index (κ1) is 15.1.